The van der Waals surface area contributed by atoms with Crippen molar-refractivity contribution in [1.29, 1.82) is 0 Å². The van der Waals surface area contributed by atoms with Gasteiger partial charge in [-0.25, -0.2) is 9.37 Å². The Morgan fingerprint density at radius 1 is 1.07 bits per heavy atom. The summed E-state index contributed by atoms with van der Waals surface area (Å²) in [7, 11) is 0. The van der Waals surface area contributed by atoms with Crippen molar-refractivity contribution >= 4 is 32.9 Å². The number of hydrogen-bond donors (Lipinski definition) is 0. The van der Waals surface area contributed by atoms with Crippen molar-refractivity contribution in [2.75, 3.05) is 6.54 Å². The number of likely N-dealkylation sites (tertiary alicyclic amines) is 1. The van der Waals surface area contributed by atoms with Crippen molar-refractivity contribution in [3.8, 4) is 11.1 Å². The summed E-state index contributed by atoms with van der Waals surface area (Å²) in [6.45, 7) is 0.673. The minimum absolute atomic E-state index is 0.0206. The highest BCUT2D eigenvalue weighted by molar-refractivity contribution is 9.10. The van der Waals surface area contributed by atoms with Gasteiger partial charge < -0.3 is 9.32 Å². The smallest absolute Gasteiger partial charge is 0.254 e. The molecule has 150 valence electrons. The van der Waals surface area contributed by atoms with Crippen LogP contribution in [-0.2, 0) is 0 Å². The predicted molar refractivity (Wildman–Crippen MR) is 117 cm³/mol. The summed E-state index contributed by atoms with van der Waals surface area (Å²) in [5.74, 6) is 0.249. The van der Waals surface area contributed by atoms with E-state index in [1.54, 1.807) is 6.07 Å². The number of amides is 1. The second-order valence-corrected chi connectivity index (χ2v) is 8.32. The van der Waals surface area contributed by atoms with Gasteiger partial charge in [0.25, 0.3) is 5.91 Å². The van der Waals surface area contributed by atoms with E-state index in [4.69, 9.17) is 4.42 Å². The van der Waals surface area contributed by atoms with E-state index in [1.165, 1.54) is 12.1 Å². The zero-order valence-electron chi connectivity index (χ0n) is 16.0. The molecule has 4 nitrogen and oxygen atoms in total. The van der Waals surface area contributed by atoms with Crippen molar-refractivity contribution in [3.63, 3.8) is 0 Å². The third-order valence-corrected chi connectivity index (χ3v) is 5.98. The van der Waals surface area contributed by atoms with Crippen LogP contribution in [0.5, 0.6) is 0 Å². The largest absolute Gasteiger partial charge is 0.438 e. The molecule has 30 heavy (non-hydrogen) atoms. The van der Waals surface area contributed by atoms with E-state index < -0.39 is 0 Å². The fraction of sp³-hybridized carbons (Fsp3) is 0.167. The monoisotopic (exact) mass is 464 g/mol. The van der Waals surface area contributed by atoms with E-state index >= 15 is 0 Å². The molecule has 4 aromatic rings. The van der Waals surface area contributed by atoms with Crippen LogP contribution in [0.3, 0.4) is 0 Å². The lowest BCUT2D eigenvalue weighted by Gasteiger charge is -2.22. The molecule has 5 rings (SSSR count). The molecule has 1 aliphatic heterocycles. The van der Waals surface area contributed by atoms with Gasteiger partial charge in [0.05, 0.1) is 0 Å². The summed E-state index contributed by atoms with van der Waals surface area (Å²) in [6, 6.07) is 19.3. The zero-order chi connectivity index (χ0) is 20.7. The fourth-order valence-electron chi connectivity index (χ4n) is 3.96. The summed E-state index contributed by atoms with van der Waals surface area (Å²) < 4.78 is 20.5. The maximum absolute atomic E-state index is 13.6. The second-order valence-electron chi connectivity index (χ2n) is 7.41. The van der Waals surface area contributed by atoms with Crippen molar-refractivity contribution in [3.05, 3.63) is 88.5 Å². The van der Waals surface area contributed by atoms with Crippen molar-refractivity contribution in [1.82, 2.24) is 9.88 Å². The van der Waals surface area contributed by atoms with Gasteiger partial charge in [0.1, 0.15) is 17.4 Å². The lowest BCUT2D eigenvalue weighted by Crippen LogP contribution is -2.30. The van der Waals surface area contributed by atoms with Crippen LogP contribution < -0.4 is 0 Å². The molecule has 1 aromatic heterocycles. The van der Waals surface area contributed by atoms with E-state index in [1.807, 2.05) is 53.4 Å². The molecule has 0 bridgehead atoms. The zero-order valence-corrected chi connectivity index (χ0v) is 17.6. The van der Waals surface area contributed by atoms with Gasteiger partial charge in [-0.3, -0.25) is 4.79 Å². The normalized spacial score (nSPS) is 16.3. The molecular weight excluding hydrogens is 447 g/mol. The van der Waals surface area contributed by atoms with Crippen LogP contribution in [0.1, 0.15) is 35.1 Å². The lowest BCUT2D eigenvalue weighted by atomic mass is 10.1. The number of carbonyl (C=O) groups excluding carboxylic acids is 1. The van der Waals surface area contributed by atoms with Crippen LogP contribution >= 0.6 is 15.9 Å². The average Bonchev–Trinajstić information content (AvgIpc) is 3.40. The molecule has 1 amide bonds. The maximum Gasteiger partial charge on any atom is 0.254 e. The van der Waals surface area contributed by atoms with Crippen molar-refractivity contribution in [2.45, 2.75) is 18.9 Å². The standard InChI is InChI=1S/C24H18BrFN2O2/c25-18-9-6-15(7-10-18)24(29)28-12-2-5-21(28)23-27-20-14-17(8-11-22(20)30-23)16-3-1-4-19(26)13-16/h1,3-4,6-11,13-14,21H,2,5,12H2/t21-/m1/s1. The minimum Gasteiger partial charge on any atom is -0.438 e. The number of nitrogens with zero attached hydrogens (tertiary/aromatic N) is 2. The molecule has 0 unspecified atom stereocenters. The van der Waals surface area contributed by atoms with E-state index in [2.05, 4.69) is 20.9 Å². The van der Waals surface area contributed by atoms with E-state index in [0.717, 1.165) is 28.4 Å². The maximum atomic E-state index is 13.6. The van der Waals surface area contributed by atoms with Gasteiger partial charge in [-0.05, 0) is 72.5 Å². The SMILES string of the molecule is O=C(c1ccc(Br)cc1)N1CCC[C@@H]1c1nc2cc(-c3cccc(F)c3)ccc2o1. The first-order chi connectivity index (χ1) is 14.6. The van der Waals surface area contributed by atoms with E-state index in [0.29, 0.717) is 29.1 Å². The minimum atomic E-state index is -0.276. The van der Waals surface area contributed by atoms with Crippen LogP contribution in [0.25, 0.3) is 22.2 Å². The Kier molecular flexibility index (Phi) is 4.87. The van der Waals surface area contributed by atoms with Gasteiger partial charge in [-0.2, -0.15) is 0 Å². The first kappa shape index (κ1) is 19.0. The van der Waals surface area contributed by atoms with Crippen LogP contribution in [0, 0.1) is 5.82 Å². The quantitative estimate of drug-likeness (QED) is 0.353. The third-order valence-electron chi connectivity index (χ3n) is 5.45. The summed E-state index contributed by atoms with van der Waals surface area (Å²) in [5.41, 5.74) is 3.67. The molecule has 3 aromatic carbocycles. The van der Waals surface area contributed by atoms with Gasteiger partial charge in [0, 0.05) is 16.6 Å². The molecule has 1 atom stereocenters. The molecule has 0 radical (unpaired) electrons. The van der Waals surface area contributed by atoms with Gasteiger partial charge >= 0.3 is 0 Å². The van der Waals surface area contributed by atoms with Crippen molar-refractivity contribution < 1.29 is 13.6 Å². The summed E-state index contributed by atoms with van der Waals surface area (Å²) in [4.78, 5) is 19.6. The van der Waals surface area contributed by atoms with Crippen LogP contribution in [0.15, 0.2) is 75.6 Å². The Bertz CT molecular complexity index is 1240. The van der Waals surface area contributed by atoms with E-state index in [-0.39, 0.29) is 17.8 Å². The summed E-state index contributed by atoms with van der Waals surface area (Å²) in [5, 5.41) is 0. The third kappa shape index (κ3) is 3.52. The molecule has 1 aliphatic rings. The Balaban J connectivity index is 1.46. The Labute approximate surface area is 181 Å². The number of rotatable bonds is 3. The number of halogens is 2. The van der Waals surface area contributed by atoms with Gasteiger partial charge in [-0.1, -0.05) is 34.1 Å². The number of hydrogen-bond acceptors (Lipinski definition) is 3. The molecular formula is C24H18BrFN2O2. The fourth-order valence-corrected chi connectivity index (χ4v) is 4.22. The molecule has 0 spiro atoms. The predicted octanol–water partition coefficient (Wildman–Crippen LogP) is 6.37. The van der Waals surface area contributed by atoms with E-state index in [9.17, 15) is 9.18 Å². The van der Waals surface area contributed by atoms with Crippen molar-refractivity contribution in [2.24, 2.45) is 0 Å². The average molecular weight is 465 g/mol. The number of aromatic nitrogens is 1. The van der Waals surface area contributed by atoms with Gasteiger partial charge in [0.2, 0.25) is 5.89 Å². The van der Waals surface area contributed by atoms with Crippen LogP contribution in [0.4, 0.5) is 4.39 Å². The first-order valence-electron chi connectivity index (χ1n) is 9.81. The first-order valence-corrected chi connectivity index (χ1v) is 10.6. The lowest BCUT2D eigenvalue weighted by molar-refractivity contribution is 0.0717. The number of carbonyl (C=O) groups is 1. The Morgan fingerprint density at radius 3 is 2.67 bits per heavy atom. The summed E-state index contributed by atoms with van der Waals surface area (Å²) in [6.07, 6.45) is 1.71. The highest BCUT2D eigenvalue weighted by atomic mass is 79.9. The molecule has 0 saturated carbocycles. The number of fused-ring (bicyclic) bond motifs is 1. The van der Waals surface area contributed by atoms with Crippen LogP contribution in [0.2, 0.25) is 0 Å². The second kappa shape index (κ2) is 7.69. The Hall–Kier alpha value is -2.99. The number of benzene rings is 3. The molecule has 0 N–H and O–H groups in total. The molecule has 6 heteroatoms. The van der Waals surface area contributed by atoms with Gasteiger partial charge in [-0.15, -0.1) is 0 Å². The molecule has 2 heterocycles. The van der Waals surface area contributed by atoms with Gasteiger partial charge in [0.15, 0.2) is 5.58 Å². The molecule has 1 saturated heterocycles. The topological polar surface area (TPSA) is 46.3 Å². The van der Waals surface area contributed by atoms with Crippen LogP contribution in [-0.4, -0.2) is 22.3 Å². The Morgan fingerprint density at radius 2 is 1.87 bits per heavy atom. The number of oxazole rings is 1. The highest BCUT2D eigenvalue weighted by Crippen LogP contribution is 2.35. The molecule has 1 fully saturated rings. The molecule has 0 aliphatic carbocycles. The summed E-state index contributed by atoms with van der Waals surface area (Å²) >= 11 is 3.40. The highest BCUT2D eigenvalue weighted by Gasteiger charge is 2.34.